The second-order valence-corrected chi connectivity index (χ2v) is 13.3. The molecule has 0 saturated heterocycles. The summed E-state index contributed by atoms with van der Waals surface area (Å²) in [6.07, 6.45) is 1.87. The Morgan fingerprint density at radius 3 is 2.33 bits per heavy atom. The number of carbonyl (C=O) groups is 1. The summed E-state index contributed by atoms with van der Waals surface area (Å²) in [7, 11) is 0. The SMILES string of the molecule is CCOC(=O)C1=C(c2ccccc2)N=c2s/c(=C\c3ccc(OCc4cccc5ccccc45)cc3)c(=O)n2[C@H]1c1ccc(C(C)C)cc1. The molecule has 1 aromatic heterocycles. The standard InChI is InChI=1S/C42H36N2O4S/c1-4-47-41(46)37-38(31-12-6-5-7-13-31)43-42-44(39(37)32-21-19-29(20-22-32)27(2)3)40(45)36(49-42)25-28-17-23-34(24-18-28)48-26-33-15-10-14-30-11-8-9-16-35(30)33/h5-25,27,39H,4,26H2,1-3H3/b36-25-/t39-/m0/s1. The van der Waals surface area contributed by atoms with Crippen molar-refractivity contribution in [1.29, 1.82) is 0 Å². The van der Waals surface area contributed by atoms with Crippen LogP contribution in [-0.2, 0) is 16.1 Å². The lowest BCUT2D eigenvalue weighted by atomic mass is 9.91. The maximum Gasteiger partial charge on any atom is 0.338 e. The molecule has 0 unspecified atom stereocenters. The van der Waals surface area contributed by atoms with Crippen LogP contribution in [0.3, 0.4) is 0 Å². The number of aromatic nitrogens is 1. The lowest BCUT2D eigenvalue weighted by Gasteiger charge is -2.26. The molecule has 2 heterocycles. The molecule has 244 valence electrons. The van der Waals surface area contributed by atoms with Crippen LogP contribution in [0.2, 0.25) is 0 Å². The summed E-state index contributed by atoms with van der Waals surface area (Å²) >= 11 is 1.31. The molecule has 5 aromatic carbocycles. The Labute approximate surface area is 288 Å². The third kappa shape index (κ3) is 6.50. The van der Waals surface area contributed by atoms with E-state index in [2.05, 4.69) is 50.2 Å². The summed E-state index contributed by atoms with van der Waals surface area (Å²) in [6.45, 7) is 6.71. The van der Waals surface area contributed by atoms with Gasteiger partial charge in [0.25, 0.3) is 5.56 Å². The van der Waals surface area contributed by atoms with Gasteiger partial charge in [-0.15, -0.1) is 0 Å². The van der Waals surface area contributed by atoms with Gasteiger partial charge in [-0.2, -0.15) is 0 Å². The fourth-order valence-electron chi connectivity index (χ4n) is 6.21. The first kappa shape index (κ1) is 32.0. The molecule has 0 amide bonds. The van der Waals surface area contributed by atoms with Crippen LogP contribution in [0.5, 0.6) is 5.75 Å². The molecule has 0 spiro atoms. The Morgan fingerprint density at radius 1 is 0.878 bits per heavy atom. The lowest BCUT2D eigenvalue weighted by molar-refractivity contribution is -0.138. The minimum atomic E-state index is -0.710. The van der Waals surface area contributed by atoms with Gasteiger partial charge in [-0.05, 0) is 64.1 Å². The number of fused-ring (bicyclic) bond motifs is 2. The molecule has 1 atom stereocenters. The van der Waals surface area contributed by atoms with Crippen LogP contribution < -0.4 is 19.6 Å². The molecular weight excluding hydrogens is 629 g/mol. The van der Waals surface area contributed by atoms with E-state index in [9.17, 15) is 9.59 Å². The normalized spacial score (nSPS) is 14.5. The number of nitrogens with zero attached hydrogens (tertiary/aromatic N) is 2. The first-order valence-corrected chi connectivity index (χ1v) is 17.3. The molecule has 7 heteroatoms. The van der Waals surface area contributed by atoms with Crippen molar-refractivity contribution in [1.82, 2.24) is 4.57 Å². The van der Waals surface area contributed by atoms with Crippen molar-refractivity contribution in [3.05, 3.63) is 174 Å². The van der Waals surface area contributed by atoms with Crippen LogP contribution in [0.15, 0.2) is 137 Å². The molecule has 49 heavy (non-hydrogen) atoms. The third-order valence-corrected chi connectivity index (χ3v) is 9.73. The Balaban J connectivity index is 1.28. The summed E-state index contributed by atoms with van der Waals surface area (Å²) in [5, 5.41) is 2.35. The average Bonchev–Trinajstić information content (AvgIpc) is 3.44. The van der Waals surface area contributed by atoms with E-state index in [1.165, 1.54) is 27.7 Å². The minimum absolute atomic E-state index is 0.204. The van der Waals surface area contributed by atoms with Gasteiger partial charge in [-0.3, -0.25) is 9.36 Å². The topological polar surface area (TPSA) is 69.9 Å². The highest BCUT2D eigenvalue weighted by atomic mass is 32.1. The summed E-state index contributed by atoms with van der Waals surface area (Å²) in [5.41, 5.74) is 5.39. The van der Waals surface area contributed by atoms with Crippen molar-refractivity contribution in [3.8, 4) is 5.75 Å². The van der Waals surface area contributed by atoms with E-state index in [4.69, 9.17) is 14.5 Å². The summed E-state index contributed by atoms with van der Waals surface area (Å²) in [4.78, 5) is 33.5. The molecule has 0 aliphatic carbocycles. The van der Waals surface area contributed by atoms with Gasteiger partial charge < -0.3 is 9.47 Å². The van der Waals surface area contributed by atoms with E-state index in [0.29, 0.717) is 33.1 Å². The number of hydrogen-bond donors (Lipinski definition) is 0. The fourth-order valence-corrected chi connectivity index (χ4v) is 7.21. The van der Waals surface area contributed by atoms with Gasteiger partial charge in [0.2, 0.25) is 0 Å². The fraction of sp³-hybridized carbons (Fsp3) is 0.167. The van der Waals surface area contributed by atoms with E-state index in [-0.39, 0.29) is 12.2 Å². The molecule has 6 aromatic rings. The van der Waals surface area contributed by atoms with Crippen molar-refractivity contribution in [2.45, 2.75) is 39.3 Å². The number of esters is 1. The van der Waals surface area contributed by atoms with E-state index in [1.807, 2.05) is 91.0 Å². The van der Waals surface area contributed by atoms with Crippen molar-refractivity contribution >= 4 is 39.9 Å². The first-order valence-electron chi connectivity index (χ1n) is 16.5. The summed E-state index contributed by atoms with van der Waals surface area (Å²) in [5.74, 6) is 0.588. The monoisotopic (exact) mass is 664 g/mol. The van der Waals surface area contributed by atoms with Crippen LogP contribution in [0.1, 0.15) is 60.5 Å². The smallest absolute Gasteiger partial charge is 0.338 e. The number of thiazole rings is 1. The molecule has 1 aliphatic rings. The predicted octanol–water partition coefficient (Wildman–Crippen LogP) is 7.79. The van der Waals surface area contributed by atoms with Crippen LogP contribution in [0.25, 0.3) is 22.5 Å². The molecule has 0 fully saturated rings. The van der Waals surface area contributed by atoms with Crippen LogP contribution >= 0.6 is 11.3 Å². The van der Waals surface area contributed by atoms with Crippen molar-refractivity contribution in [3.63, 3.8) is 0 Å². The highest BCUT2D eigenvalue weighted by molar-refractivity contribution is 7.07. The van der Waals surface area contributed by atoms with E-state index >= 15 is 0 Å². The van der Waals surface area contributed by atoms with E-state index in [0.717, 1.165) is 28.0 Å². The number of carbonyl (C=O) groups excluding carboxylic acids is 1. The van der Waals surface area contributed by atoms with Crippen molar-refractivity contribution < 1.29 is 14.3 Å². The summed E-state index contributed by atoms with van der Waals surface area (Å²) in [6, 6.07) is 39.2. The van der Waals surface area contributed by atoms with E-state index < -0.39 is 12.0 Å². The summed E-state index contributed by atoms with van der Waals surface area (Å²) < 4.78 is 13.9. The zero-order chi connectivity index (χ0) is 33.9. The van der Waals surface area contributed by atoms with Crippen LogP contribution in [0, 0.1) is 0 Å². The Hall–Kier alpha value is -5.53. The number of benzene rings is 5. The maximum absolute atomic E-state index is 14.3. The third-order valence-electron chi connectivity index (χ3n) is 8.74. The highest BCUT2D eigenvalue weighted by Gasteiger charge is 2.35. The molecule has 0 bridgehead atoms. The second kappa shape index (κ2) is 13.9. The zero-order valence-electron chi connectivity index (χ0n) is 27.6. The van der Waals surface area contributed by atoms with E-state index in [1.54, 1.807) is 11.5 Å². The van der Waals surface area contributed by atoms with Gasteiger partial charge in [0.15, 0.2) is 4.80 Å². The molecule has 0 saturated carbocycles. The quantitative estimate of drug-likeness (QED) is 0.148. The van der Waals surface area contributed by atoms with Crippen molar-refractivity contribution in [2.75, 3.05) is 6.61 Å². The Bertz CT molecular complexity index is 2350. The second-order valence-electron chi connectivity index (χ2n) is 12.2. The van der Waals surface area contributed by atoms with Gasteiger partial charge in [0.1, 0.15) is 12.4 Å². The van der Waals surface area contributed by atoms with Crippen LogP contribution in [-0.4, -0.2) is 17.1 Å². The zero-order valence-corrected chi connectivity index (χ0v) is 28.4. The Kier molecular flexibility index (Phi) is 9.09. The van der Waals surface area contributed by atoms with Crippen LogP contribution in [0.4, 0.5) is 0 Å². The maximum atomic E-state index is 14.3. The number of hydrogen-bond acceptors (Lipinski definition) is 6. The van der Waals surface area contributed by atoms with Gasteiger partial charge in [0.05, 0.1) is 28.5 Å². The van der Waals surface area contributed by atoms with Gasteiger partial charge in [-0.25, -0.2) is 9.79 Å². The number of ether oxygens (including phenoxy) is 2. The average molecular weight is 665 g/mol. The molecule has 6 nitrogen and oxygen atoms in total. The van der Waals surface area contributed by atoms with Crippen molar-refractivity contribution in [2.24, 2.45) is 4.99 Å². The van der Waals surface area contributed by atoms with Gasteiger partial charge in [-0.1, -0.05) is 134 Å². The molecule has 7 rings (SSSR count). The molecule has 0 N–H and O–H groups in total. The molecular formula is C42H36N2O4S. The molecule has 1 aliphatic heterocycles. The lowest BCUT2D eigenvalue weighted by Crippen LogP contribution is -2.40. The first-order chi connectivity index (χ1) is 23.9. The predicted molar refractivity (Wildman–Crippen MR) is 196 cm³/mol. The van der Waals surface area contributed by atoms with Gasteiger partial charge in [0, 0.05) is 5.56 Å². The minimum Gasteiger partial charge on any atom is -0.489 e. The van der Waals surface area contributed by atoms with Gasteiger partial charge >= 0.3 is 5.97 Å². The molecule has 0 radical (unpaired) electrons. The number of rotatable bonds is 9. The Morgan fingerprint density at radius 2 is 1.59 bits per heavy atom. The largest absolute Gasteiger partial charge is 0.489 e. The highest BCUT2D eigenvalue weighted by Crippen LogP contribution is 2.35.